The average molecular weight is 295 g/mol. The van der Waals surface area contributed by atoms with E-state index in [4.69, 9.17) is 21.6 Å². The van der Waals surface area contributed by atoms with E-state index in [1.165, 1.54) is 6.07 Å². The molecule has 1 rings (SSSR count). The second-order valence-electron chi connectivity index (χ2n) is 5.24. The molecule has 4 nitrogen and oxygen atoms in total. The quantitative estimate of drug-likeness (QED) is 0.906. The monoisotopic (exact) mass is 294 g/mol. The Balaban J connectivity index is 2.81. The Morgan fingerprint density at radius 3 is 2.75 bits per heavy atom. The summed E-state index contributed by atoms with van der Waals surface area (Å²) in [5.74, 6) is 0.0951. The highest BCUT2D eigenvalue weighted by molar-refractivity contribution is 6.30. The van der Waals surface area contributed by atoms with Gasteiger partial charge in [-0.1, -0.05) is 18.5 Å². The van der Waals surface area contributed by atoms with Gasteiger partial charge in [-0.3, -0.25) is 4.79 Å². The summed E-state index contributed by atoms with van der Waals surface area (Å²) < 4.78 is 5.55. The molecule has 1 amide bonds. The lowest BCUT2D eigenvalue weighted by Crippen LogP contribution is -2.48. The number of carbonyl (C=O) groups is 1. The molecule has 1 aromatic carbocycles. The van der Waals surface area contributed by atoms with E-state index in [1.54, 1.807) is 19.1 Å². The lowest BCUT2D eigenvalue weighted by Gasteiger charge is -2.26. The maximum Gasteiger partial charge on any atom is 0.261 e. The fourth-order valence-electron chi connectivity index (χ4n) is 1.45. The summed E-state index contributed by atoms with van der Waals surface area (Å²) in [5.41, 5.74) is 0.0602. The zero-order valence-corrected chi connectivity index (χ0v) is 12.9. The van der Waals surface area contributed by atoms with Gasteiger partial charge in [0, 0.05) is 16.6 Å². The van der Waals surface area contributed by atoms with Gasteiger partial charge in [0.15, 0.2) is 6.10 Å². The van der Waals surface area contributed by atoms with Crippen molar-refractivity contribution in [2.24, 2.45) is 0 Å². The molecule has 0 aliphatic heterocycles. The number of carbonyl (C=O) groups excluding carboxylic acids is 1. The first-order valence-electron chi connectivity index (χ1n) is 6.47. The number of hydrogen-bond acceptors (Lipinski definition) is 3. The molecule has 0 bridgehead atoms. The topological polar surface area (TPSA) is 62.1 Å². The summed E-state index contributed by atoms with van der Waals surface area (Å²) in [4.78, 5) is 12.1. The maximum absolute atomic E-state index is 12.1. The highest BCUT2D eigenvalue weighted by Crippen LogP contribution is 2.24. The van der Waals surface area contributed by atoms with E-state index in [9.17, 15) is 4.79 Å². The zero-order chi connectivity index (χ0) is 15.3. The molecular formula is C15H19ClN2O2. The first kappa shape index (κ1) is 16.3. The molecule has 108 valence electrons. The summed E-state index contributed by atoms with van der Waals surface area (Å²) in [6.07, 6.45) is 0.109. The minimum Gasteiger partial charge on any atom is -0.479 e. The molecule has 0 heterocycles. The number of nitriles is 1. The largest absolute Gasteiger partial charge is 0.479 e. The van der Waals surface area contributed by atoms with E-state index >= 15 is 0 Å². The van der Waals surface area contributed by atoms with Crippen LogP contribution in [0.15, 0.2) is 18.2 Å². The van der Waals surface area contributed by atoms with Gasteiger partial charge in [-0.25, -0.2) is 0 Å². The fraction of sp³-hybridized carbons (Fsp3) is 0.467. The van der Waals surface area contributed by atoms with E-state index in [2.05, 4.69) is 5.32 Å². The van der Waals surface area contributed by atoms with Crippen molar-refractivity contribution in [1.29, 1.82) is 5.26 Å². The molecular weight excluding hydrogens is 276 g/mol. The van der Waals surface area contributed by atoms with Crippen molar-refractivity contribution in [2.45, 2.75) is 45.8 Å². The van der Waals surface area contributed by atoms with Crippen LogP contribution in [0.3, 0.4) is 0 Å². The molecule has 0 spiro atoms. The van der Waals surface area contributed by atoms with Gasteiger partial charge in [-0.05, 0) is 39.3 Å². The Morgan fingerprint density at radius 1 is 1.55 bits per heavy atom. The third kappa shape index (κ3) is 4.43. The Labute approximate surface area is 124 Å². The molecule has 20 heavy (non-hydrogen) atoms. The van der Waals surface area contributed by atoms with Crippen molar-refractivity contribution in [2.75, 3.05) is 0 Å². The minimum absolute atomic E-state index is 0.222. The molecule has 0 aliphatic carbocycles. The van der Waals surface area contributed by atoms with Crippen molar-refractivity contribution in [1.82, 2.24) is 5.32 Å². The Morgan fingerprint density at radius 2 is 2.20 bits per heavy atom. The van der Waals surface area contributed by atoms with Crippen LogP contribution < -0.4 is 10.1 Å². The average Bonchev–Trinajstić information content (AvgIpc) is 2.38. The van der Waals surface area contributed by atoms with Crippen LogP contribution in [0, 0.1) is 11.3 Å². The SMILES string of the molecule is CCC(C)(C)NC(=O)C(C)Oc1cc(Cl)ccc1C#N. The first-order valence-corrected chi connectivity index (χ1v) is 6.85. The molecule has 0 aromatic heterocycles. The maximum atomic E-state index is 12.1. The van der Waals surface area contributed by atoms with E-state index < -0.39 is 6.10 Å². The van der Waals surface area contributed by atoms with Crippen LogP contribution in [0.2, 0.25) is 5.02 Å². The van der Waals surface area contributed by atoms with Crippen molar-refractivity contribution in [3.63, 3.8) is 0 Å². The third-order valence-corrected chi connectivity index (χ3v) is 3.32. The summed E-state index contributed by atoms with van der Waals surface area (Å²) in [6, 6.07) is 6.72. The van der Waals surface area contributed by atoms with E-state index in [0.717, 1.165) is 6.42 Å². The zero-order valence-electron chi connectivity index (χ0n) is 12.2. The number of nitrogens with zero attached hydrogens (tertiary/aromatic N) is 1. The van der Waals surface area contributed by atoms with Crippen molar-refractivity contribution in [3.05, 3.63) is 28.8 Å². The molecule has 0 saturated carbocycles. The summed E-state index contributed by atoms with van der Waals surface area (Å²) >= 11 is 5.88. The van der Waals surface area contributed by atoms with Gasteiger partial charge in [-0.15, -0.1) is 0 Å². The summed E-state index contributed by atoms with van der Waals surface area (Å²) in [5, 5.41) is 12.4. The number of rotatable bonds is 5. The van der Waals surface area contributed by atoms with Gasteiger partial charge in [-0.2, -0.15) is 5.26 Å². The number of benzene rings is 1. The highest BCUT2D eigenvalue weighted by Gasteiger charge is 2.23. The van der Waals surface area contributed by atoms with Crippen LogP contribution in [0.4, 0.5) is 0 Å². The number of nitrogens with one attached hydrogen (secondary N) is 1. The minimum atomic E-state index is -0.702. The second kappa shape index (κ2) is 6.62. The highest BCUT2D eigenvalue weighted by atomic mass is 35.5. The molecule has 5 heteroatoms. The predicted molar refractivity (Wildman–Crippen MR) is 78.8 cm³/mol. The van der Waals surface area contributed by atoms with Crippen molar-refractivity contribution in [3.8, 4) is 11.8 Å². The van der Waals surface area contributed by atoms with E-state index in [1.807, 2.05) is 26.8 Å². The Kier molecular flexibility index (Phi) is 5.41. The van der Waals surface area contributed by atoms with Gasteiger partial charge in [0.2, 0.25) is 0 Å². The number of amides is 1. The van der Waals surface area contributed by atoms with Gasteiger partial charge < -0.3 is 10.1 Å². The number of ether oxygens (including phenoxy) is 1. The van der Waals surface area contributed by atoms with Crippen LogP contribution in [-0.2, 0) is 4.79 Å². The van der Waals surface area contributed by atoms with Crippen molar-refractivity contribution < 1.29 is 9.53 Å². The normalized spacial score (nSPS) is 12.4. The van der Waals surface area contributed by atoms with Crippen LogP contribution in [0.1, 0.15) is 39.7 Å². The molecule has 0 aliphatic rings. The number of halogens is 1. The van der Waals surface area contributed by atoms with Crippen LogP contribution in [0.25, 0.3) is 0 Å². The van der Waals surface area contributed by atoms with Crippen molar-refractivity contribution >= 4 is 17.5 Å². The molecule has 1 N–H and O–H groups in total. The third-order valence-electron chi connectivity index (χ3n) is 3.08. The summed E-state index contributed by atoms with van der Waals surface area (Å²) in [6.45, 7) is 7.52. The number of hydrogen-bond donors (Lipinski definition) is 1. The molecule has 0 fully saturated rings. The van der Waals surface area contributed by atoms with Crippen LogP contribution in [0.5, 0.6) is 5.75 Å². The second-order valence-corrected chi connectivity index (χ2v) is 5.68. The lowest BCUT2D eigenvalue weighted by atomic mass is 10.0. The van der Waals surface area contributed by atoms with Crippen LogP contribution in [-0.4, -0.2) is 17.6 Å². The predicted octanol–water partition coefficient (Wildman–Crippen LogP) is 3.28. The Bertz CT molecular complexity index is 535. The molecule has 1 aromatic rings. The molecule has 1 atom stereocenters. The smallest absolute Gasteiger partial charge is 0.261 e. The van der Waals surface area contributed by atoms with E-state index in [-0.39, 0.29) is 11.4 Å². The lowest BCUT2D eigenvalue weighted by molar-refractivity contribution is -0.128. The van der Waals surface area contributed by atoms with Gasteiger partial charge in [0.1, 0.15) is 11.8 Å². The molecule has 0 radical (unpaired) electrons. The van der Waals surface area contributed by atoms with E-state index in [0.29, 0.717) is 16.3 Å². The van der Waals surface area contributed by atoms with Gasteiger partial charge >= 0.3 is 0 Å². The first-order chi connectivity index (χ1) is 9.29. The van der Waals surface area contributed by atoms with Gasteiger partial charge in [0.25, 0.3) is 5.91 Å². The molecule has 1 unspecified atom stereocenters. The van der Waals surface area contributed by atoms with Crippen LogP contribution >= 0.6 is 11.6 Å². The molecule has 0 saturated heterocycles. The van der Waals surface area contributed by atoms with Gasteiger partial charge in [0.05, 0.1) is 5.56 Å². The standard InChI is InChI=1S/C15H19ClN2O2/c1-5-15(3,4)18-14(19)10(2)20-13-8-12(16)7-6-11(13)9-17/h6-8,10H,5H2,1-4H3,(H,18,19). The summed E-state index contributed by atoms with van der Waals surface area (Å²) in [7, 11) is 0. The fourth-order valence-corrected chi connectivity index (χ4v) is 1.62. The Hall–Kier alpha value is -1.73.